The molecule has 0 atom stereocenters. The zero-order valence-corrected chi connectivity index (χ0v) is 10.1. The Kier molecular flexibility index (Phi) is 3.59. The number of rotatable bonds is 3. The maximum absolute atomic E-state index is 11.0. The van der Waals surface area contributed by atoms with Gasteiger partial charge in [0.05, 0.1) is 11.8 Å². The second-order valence-electron chi connectivity index (χ2n) is 3.37. The summed E-state index contributed by atoms with van der Waals surface area (Å²) in [5.41, 5.74) is 0.114. The van der Waals surface area contributed by atoms with Gasteiger partial charge in [0.25, 0.3) is 0 Å². The van der Waals surface area contributed by atoms with E-state index in [1.165, 1.54) is 30.7 Å². The molecule has 0 spiro atoms. The summed E-state index contributed by atoms with van der Waals surface area (Å²) >= 11 is 5.91. The van der Waals surface area contributed by atoms with E-state index in [4.69, 9.17) is 26.7 Å². The number of nitrogens with zero attached hydrogens (tertiary/aromatic N) is 3. The molecule has 0 fully saturated rings. The summed E-state index contributed by atoms with van der Waals surface area (Å²) in [5, 5.41) is 17.8. The van der Waals surface area contributed by atoms with Gasteiger partial charge in [-0.25, -0.2) is 9.78 Å². The number of carbonyl (C=O) groups is 1. The average Bonchev–Trinajstić information content (AvgIpc) is 2.41. The molecule has 2 aromatic rings. The van der Waals surface area contributed by atoms with Crippen molar-refractivity contribution >= 4 is 17.6 Å². The lowest BCUT2D eigenvalue weighted by Gasteiger charge is -2.08. The fourth-order valence-electron chi connectivity index (χ4n) is 1.32. The molecule has 0 aliphatic carbocycles. The Morgan fingerprint density at radius 3 is 2.89 bits per heavy atom. The highest BCUT2D eigenvalue weighted by atomic mass is 35.5. The van der Waals surface area contributed by atoms with Crippen LogP contribution in [0.15, 0.2) is 30.7 Å². The molecule has 7 heteroatoms. The zero-order chi connectivity index (χ0) is 13.8. The number of aromatic carboxylic acids is 1. The quantitative estimate of drug-likeness (QED) is 0.924. The molecule has 19 heavy (non-hydrogen) atoms. The number of pyridine rings is 2. The van der Waals surface area contributed by atoms with Crippen LogP contribution in [0.2, 0.25) is 5.02 Å². The van der Waals surface area contributed by atoms with Crippen LogP contribution in [0.3, 0.4) is 0 Å². The van der Waals surface area contributed by atoms with Gasteiger partial charge in [0.15, 0.2) is 5.75 Å². The molecule has 0 saturated carbocycles. The highest BCUT2D eigenvalue weighted by Gasteiger charge is 2.15. The molecule has 0 amide bonds. The van der Waals surface area contributed by atoms with Crippen molar-refractivity contribution in [2.45, 2.75) is 0 Å². The van der Waals surface area contributed by atoms with Gasteiger partial charge in [0.2, 0.25) is 5.88 Å². The SMILES string of the molecule is N#Cc1ccnc(Oc2cnccc2C(=O)O)c1Cl. The third-order valence-corrected chi connectivity index (χ3v) is 2.56. The number of carboxylic acids is 1. The fraction of sp³-hybridized carbons (Fsp3) is 0. The van der Waals surface area contributed by atoms with Crippen molar-refractivity contribution in [2.75, 3.05) is 0 Å². The molecule has 2 heterocycles. The number of hydrogen-bond donors (Lipinski definition) is 1. The predicted molar refractivity (Wildman–Crippen MR) is 65.2 cm³/mol. The topological polar surface area (TPSA) is 96.1 Å². The monoisotopic (exact) mass is 275 g/mol. The molecule has 2 rings (SSSR count). The molecular formula is C12H6ClN3O3. The highest BCUT2D eigenvalue weighted by Crippen LogP contribution is 2.30. The first kappa shape index (κ1) is 12.8. The Balaban J connectivity index is 2.43. The van der Waals surface area contributed by atoms with E-state index in [1.54, 1.807) is 0 Å². The van der Waals surface area contributed by atoms with Gasteiger partial charge in [-0.15, -0.1) is 0 Å². The Morgan fingerprint density at radius 1 is 1.42 bits per heavy atom. The molecule has 1 N–H and O–H groups in total. The van der Waals surface area contributed by atoms with E-state index >= 15 is 0 Å². The van der Waals surface area contributed by atoms with Crippen LogP contribution in [0.1, 0.15) is 15.9 Å². The number of carboxylic acid groups (broad SMARTS) is 1. The van der Waals surface area contributed by atoms with E-state index in [-0.39, 0.29) is 27.8 Å². The van der Waals surface area contributed by atoms with Gasteiger partial charge in [-0.05, 0) is 12.1 Å². The lowest BCUT2D eigenvalue weighted by molar-refractivity contribution is 0.0694. The second-order valence-corrected chi connectivity index (χ2v) is 3.75. The molecule has 0 radical (unpaired) electrons. The smallest absolute Gasteiger partial charge is 0.339 e. The van der Waals surface area contributed by atoms with Gasteiger partial charge in [-0.2, -0.15) is 5.26 Å². The van der Waals surface area contributed by atoms with Crippen LogP contribution in [0.4, 0.5) is 0 Å². The van der Waals surface area contributed by atoms with Crippen LogP contribution < -0.4 is 4.74 Å². The van der Waals surface area contributed by atoms with Crippen molar-refractivity contribution in [3.05, 3.63) is 46.9 Å². The number of halogens is 1. The van der Waals surface area contributed by atoms with E-state index in [9.17, 15) is 4.79 Å². The maximum atomic E-state index is 11.0. The normalized spacial score (nSPS) is 9.68. The van der Waals surface area contributed by atoms with Crippen LogP contribution in [-0.4, -0.2) is 21.0 Å². The first-order valence-electron chi connectivity index (χ1n) is 5.03. The minimum atomic E-state index is -1.16. The Morgan fingerprint density at radius 2 is 2.21 bits per heavy atom. The summed E-state index contributed by atoms with van der Waals surface area (Å²) in [6.45, 7) is 0. The van der Waals surface area contributed by atoms with Gasteiger partial charge in [0.1, 0.15) is 16.7 Å². The zero-order valence-electron chi connectivity index (χ0n) is 9.37. The Labute approximate surface area is 112 Å². The van der Waals surface area contributed by atoms with Crippen molar-refractivity contribution < 1.29 is 14.6 Å². The third-order valence-electron chi connectivity index (χ3n) is 2.20. The van der Waals surface area contributed by atoms with Crippen molar-refractivity contribution in [1.82, 2.24) is 9.97 Å². The van der Waals surface area contributed by atoms with Gasteiger partial charge < -0.3 is 9.84 Å². The molecule has 94 valence electrons. The molecule has 0 saturated heterocycles. The first-order chi connectivity index (χ1) is 9.13. The van der Waals surface area contributed by atoms with Gasteiger partial charge in [-0.1, -0.05) is 11.6 Å². The van der Waals surface area contributed by atoms with E-state index in [0.29, 0.717) is 0 Å². The van der Waals surface area contributed by atoms with Crippen LogP contribution in [0.25, 0.3) is 0 Å². The molecule has 2 aromatic heterocycles. The third kappa shape index (κ3) is 2.61. The highest BCUT2D eigenvalue weighted by molar-refractivity contribution is 6.33. The molecule has 6 nitrogen and oxygen atoms in total. The summed E-state index contributed by atoms with van der Waals surface area (Å²) in [5.74, 6) is -1.21. The molecular weight excluding hydrogens is 270 g/mol. The first-order valence-corrected chi connectivity index (χ1v) is 5.41. The number of nitriles is 1. The lowest BCUT2D eigenvalue weighted by Crippen LogP contribution is -2.01. The van der Waals surface area contributed by atoms with Crippen molar-refractivity contribution in [3.8, 4) is 17.7 Å². The molecule has 0 unspecified atom stereocenters. The van der Waals surface area contributed by atoms with E-state index in [1.807, 2.05) is 6.07 Å². The minimum Gasteiger partial charge on any atom is -0.478 e. The van der Waals surface area contributed by atoms with Gasteiger partial charge in [-0.3, -0.25) is 4.98 Å². The summed E-state index contributed by atoms with van der Waals surface area (Å²) in [4.78, 5) is 18.6. The summed E-state index contributed by atoms with van der Waals surface area (Å²) in [6.07, 6.45) is 3.91. The van der Waals surface area contributed by atoms with E-state index < -0.39 is 5.97 Å². The second kappa shape index (κ2) is 5.33. The van der Waals surface area contributed by atoms with Crippen molar-refractivity contribution in [1.29, 1.82) is 5.26 Å². The largest absolute Gasteiger partial charge is 0.478 e. The lowest BCUT2D eigenvalue weighted by atomic mass is 10.2. The predicted octanol–water partition coefficient (Wildman–Crippen LogP) is 2.49. The summed E-state index contributed by atoms with van der Waals surface area (Å²) in [7, 11) is 0. The van der Waals surface area contributed by atoms with Crippen molar-refractivity contribution in [3.63, 3.8) is 0 Å². The summed E-state index contributed by atoms with van der Waals surface area (Å²) < 4.78 is 5.31. The van der Waals surface area contributed by atoms with Crippen LogP contribution in [0, 0.1) is 11.3 Å². The van der Waals surface area contributed by atoms with Gasteiger partial charge in [0, 0.05) is 12.4 Å². The number of aromatic nitrogens is 2. The van der Waals surface area contributed by atoms with E-state index in [0.717, 1.165) is 0 Å². The summed E-state index contributed by atoms with van der Waals surface area (Å²) in [6, 6.07) is 4.59. The van der Waals surface area contributed by atoms with Gasteiger partial charge >= 0.3 is 5.97 Å². The molecule has 0 aliphatic rings. The van der Waals surface area contributed by atoms with Crippen LogP contribution in [0.5, 0.6) is 11.6 Å². The van der Waals surface area contributed by atoms with Crippen molar-refractivity contribution in [2.24, 2.45) is 0 Å². The Hall–Kier alpha value is -2.65. The molecule has 0 bridgehead atoms. The molecule has 0 aromatic carbocycles. The fourth-order valence-corrected chi connectivity index (χ4v) is 1.52. The van der Waals surface area contributed by atoms with E-state index in [2.05, 4.69) is 9.97 Å². The minimum absolute atomic E-state index is 0.000472. The van der Waals surface area contributed by atoms with Crippen LogP contribution in [-0.2, 0) is 0 Å². The molecule has 0 aliphatic heterocycles. The maximum Gasteiger partial charge on any atom is 0.339 e. The standard InChI is InChI=1S/C12H6ClN3O3/c13-10-7(5-14)1-4-16-11(10)19-9-6-15-3-2-8(9)12(17)18/h1-4,6H,(H,17,18). The average molecular weight is 276 g/mol. The Bertz CT molecular complexity index is 682. The van der Waals surface area contributed by atoms with Crippen LogP contribution >= 0.6 is 11.6 Å². The number of ether oxygens (including phenoxy) is 1. The number of hydrogen-bond acceptors (Lipinski definition) is 5.